The van der Waals surface area contributed by atoms with Crippen molar-refractivity contribution in [3.05, 3.63) is 40.0 Å². The quantitative estimate of drug-likeness (QED) is 0.830. The normalized spacial score (nSPS) is 14.0. The van der Waals surface area contributed by atoms with Gasteiger partial charge in [-0.05, 0) is 38.0 Å². The third-order valence-corrected chi connectivity index (χ3v) is 2.20. The van der Waals surface area contributed by atoms with Crippen LogP contribution in [0.3, 0.4) is 0 Å². The first-order valence-corrected chi connectivity index (χ1v) is 5.05. The second-order valence-electron chi connectivity index (χ2n) is 3.51. The predicted octanol–water partition coefficient (Wildman–Crippen LogP) is 2.51. The molecule has 0 aliphatic rings. The summed E-state index contributed by atoms with van der Waals surface area (Å²) in [5, 5.41) is 9.26. The Kier molecular flexibility index (Phi) is 3.86. The van der Waals surface area contributed by atoms with Gasteiger partial charge in [-0.1, -0.05) is 13.0 Å². The van der Waals surface area contributed by atoms with Gasteiger partial charge in [-0.2, -0.15) is 0 Å². The summed E-state index contributed by atoms with van der Waals surface area (Å²) in [6.07, 6.45) is 2.10. The van der Waals surface area contributed by atoms with Crippen molar-refractivity contribution in [2.45, 2.75) is 33.3 Å². The first-order valence-electron chi connectivity index (χ1n) is 5.05. The Labute approximate surface area is 89.1 Å². The summed E-state index contributed by atoms with van der Waals surface area (Å²) >= 11 is 0. The Morgan fingerprint density at radius 3 is 2.73 bits per heavy atom. The van der Waals surface area contributed by atoms with Gasteiger partial charge in [0.15, 0.2) is 0 Å². The van der Waals surface area contributed by atoms with Crippen molar-refractivity contribution in [3.8, 4) is 0 Å². The molecule has 1 aromatic rings. The van der Waals surface area contributed by atoms with E-state index in [9.17, 15) is 9.90 Å². The third kappa shape index (κ3) is 2.80. The molecule has 82 valence electrons. The Morgan fingerprint density at radius 1 is 1.60 bits per heavy atom. The van der Waals surface area contributed by atoms with Crippen molar-refractivity contribution in [1.29, 1.82) is 0 Å². The van der Waals surface area contributed by atoms with Crippen LogP contribution in [0, 0.1) is 0 Å². The van der Waals surface area contributed by atoms with Crippen molar-refractivity contribution in [1.82, 2.24) is 0 Å². The lowest BCUT2D eigenvalue weighted by Gasteiger charge is -2.04. The van der Waals surface area contributed by atoms with Crippen LogP contribution in [0.5, 0.6) is 0 Å². The minimum atomic E-state index is -0.786. The molecule has 0 amide bonds. The van der Waals surface area contributed by atoms with Gasteiger partial charge in [0.05, 0.1) is 11.7 Å². The fourth-order valence-corrected chi connectivity index (χ4v) is 1.35. The summed E-state index contributed by atoms with van der Waals surface area (Å²) in [6, 6.07) is 3.32. The average Bonchev–Trinajstić information content (AvgIpc) is 2.17. The zero-order valence-electron chi connectivity index (χ0n) is 9.28. The van der Waals surface area contributed by atoms with Gasteiger partial charge in [0.1, 0.15) is 5.76 Å². The molecule has 0 aliphatic carbocycles. The second kappa shape index (κ2) is 4.94. The summed E-state index contributed by atoms with van der Waals surface area (Å²) in [6.45, 7) is 5.45. The van der Waals surface area contributed by atoms with E-state index < -0.39 is 11.7 Å². The molecule has 0 aromatic carbocycles. The van der Waals surface area contributed by atoms with Crippen molar-refractivity contribution in [2.75, 3.05) is 0 Å². The zero-order chi connectivity index (χ0) is 11.4. The maximum Gasteiger partial charge on any atom is 0.342 e. The molecule has 1 aromatic heterocycles. The van der Waals surface area contributed by atoms with Gasteiger partial charge in [0.2, 0.25) is 0 Å². The number of aliphatic hydroxyl groups excluding tert-OH is 1. The van der Waals surface area contributed by atoms with Crippen molar-refractivity contribution < 1.29 is 9.52 Å². The summed E-state index contributed by atoms with van der Waals surface area (Å²) in [5.41, 5.74) is 0.765. The van der Waals surface area contributed by atoms with Crippen LogP contribution in [0.2, 0.25) is 0 Å². The molecule has 0 spiro atoms. The molecule has 0 fully saturated rings. The molecule has 0 aliphatic heterocycles. The van der Waals surface area contributed by atoms with Crippen LogP contribution < -0.4 is 5.63 Å². The zero-order valence-corrected chi connectivity index (χ0v) is 9.28. The molecule has 0 radical (unpaired) electrons. The predicted molar refractivity (Wildman–Crippen MR) is 59.6 cm³/mol. The van der Waals surface area contributed by atoms with Crippen molar-refractivity contribution in [3.63, 3.8) is 0 Å². The van der Waals surface area contributed by atoms with E-state index in [1.54, 1.807) is 19.1 Å². The van der Waals surface area contributed by atoms with Gasteiger partial charge >= 0.3 is 5.63 Å². The molecule has 1 heterocycles. The number of rotatable bonds is 3. The van der Waals surface area contributed by atoms with Crippen LogP contribution in [0.25, 0.3) is 5.57 Å². The van der Waals surface area contributed by atoms with Gasteiger partial charge in [-0.25, -0.2) is 4.79 Å². The SMILES string of the molecule is CC/C=C(\C)c1ccc(C(C)O)c(=O)o1. The van der Waals surface area contributed by atoms with Crippen LogP contribution in [0.4, 0.5) is 0 Å². The van der Waals surface area contributed by atoms with Gasteiger partial charge < -0.3 is 9.52 Å². The molecular formula is C12H16O3. The van der Waals surface area contributed by atoms with Crippen LogP contribution in [-0.2, 0) is 0 Å². The lowest BCUT2D eigenvalue weighted by atomic mass is 10.1. The molecule has 1 atom stereocenters. The molecule has 0 bridgehead atoms. The number of hydrogen-bond donors (Lipinski definition) is 1. The van der Waals surface area contributed by atoms with Crippen molar-refractivity contribution in [2.24, 2.45) is 0 Å². The molecule has 0 saturated carbocycles. The summed E-state index contributed by atoms with van der Waals surface area (Å²) < 4.78 is 5.10. The number of hydrogen-bond acceptors (Lipinski definition) is 3. The highest BCUT2D eigenvalue weighted by Crippen LogP contribution is 2.15. The van der Waals surface area contributed by atoms with Crippen molar-refractivity contribution >= 4 is 5.57 Å². The molecule has 15 heavy (non-hydrogen) atoms. The molecule has 3 heteroatoms. The maximum atomic E-state index is 11.4. The molecule has 0 saturated heterocycles. The van der Waals surface area contributed by atoms with Crippen LogP contribution in [0.1, 0.15) is 44.6 Å². The Bertz CT molecular complexity index is 413. The van der Waals surface area contributed by atoms with E-state index in [1.165, 1.54) is 0 Å². The summed E-state index contributed by atoms with van der Waals surface area (Å²) in [4.78, 5) is 11.4. The number of allylic oxidation sites excluding steroid dienone is 2. The minimum Gasteiger partial charge on any atom is -0.423 e. The highest BCUT2D eigenvalue weighted by atomic mass is 16.4. The summed E-state index contributed by atoms with van der Waals surface area (Å²) in [7, 11) is 0. The fraction of sp³-hybridized carbons (Fsp3) is 0.417. The van der Waals surface area contributed by atoms with E-state index in [0.29, 0.717) is 11.3 Å². The standard InChI is InChI=1S/C12H16O3/c1-4-5-8(2)11-7-6-10(9(3)13)12(14)15-11/h5-7,9,13H,4H2,1-3H3/b8-5+. The van der Waals surface area contributed by atoms with Gasteiger partial charge in [-0.3, -0.25) is 0 Å². The smallest absolute Gasteiger partial charge is 0.342 e. The molecule has 1 rings (SSSR count). The van der Waals surface area contributed by atoms with Crippen LogP contribution >= 0.6 is 0 Å². The highest BCUT2D eigenvalue weighted by Gasteiger charge is 2.09. The third-order valence-electron chi connectivity index (χ3n) is 2.20. The van der Waals surface area contributed by atoms with E-state index in [2.05, 4.69) is 0 Å². The first-order chi connectivity index (χ1) is 7.06. The van der Waals surface area contributed by atoms with Gasteiger partial charge in [-0.15, -0.1) is 0 Å². The lowest BCUT2D eigenvalue weighted by Crippen LogP contribution is -2.10. The van der Waals surface area contributed by atoms with E-state index in [-0.39, 0.29) is 0 Å². The van der Waals surface area contributed by atoms with E-state index >= 15 is 0 Å². The highest BCUT2D eigenvalue weighted by molar-refractivity contribution is 5.58. The maximum absolute atomic E-state index is 11.4. The molecular weight excluding hydrogens is 192 g/mol. The number of aliphatic hydroxyl groups is 1. The Hall–Kier alpha value is -1.35. The van der Waals surface area contributed by atoms with Gasteiger partial charge in [0.25, 0.3) is 0 Å². The monoisotopic (exact) mass is 208 g/mol. The van der Waals surface area contributed by atoms with Gasteiger partial charge in [0, 0.05) is 0 Å². The largest absolute Gasteiger partial charge is 0.423 e. The summed E-state index contributed by atoms with van der Waals surface area (Å²) in [5.74, 6) is 0.561. The topological polar surface area (TPSA) is 50.4 Å². The second-order valence-corrected chi connectivity index (χ2v) is 3.51. The van der Waals surface area contributed by atoms with Crippen LogP contribution in [0.15, 0.2) is 27.4 Å². The first kappa shape index (κ1) is 11.7. The molecule has 1 N–H and O–H groups in total. The Morgan fingerprint density at radius 2 is 2.27 bits per heavy atom. The molecule has 3 nitrogen and oxygen atoms in total. The average molecular weight is 208 g/mol. The Balaban J connectivity index is 3.13. The van der Waals surface area contributed by atoms with E-state index in [0.717, 1.165) is 12.0 Å². The van der Waals surface area contributed by atoms with E-state index in [1.807, 2.05) is 19.9 Å². The van der Waals surface area contributed by atoms with Crippen LogP contribution in [-0.4, -0.2) is 5.11 Å². The minimum absolute atomic E-state index is 0.294. The lowest BCUT2D eigenvalue weighted by molar-refractivity contribution is 0.193. The molecule has 1 unspecified atom stereocenters. The fourth-order valence-electron chi connectivity index (χ4n) is 1.35. The van der Waals surface area contributed by atoms with E-state index in [4.69, 9.17) is 4.42 Å².